The van der Waals surface area contributed by atoms with Crippen LogP contribution in [0.2, 0.25) is 0 Å². The summed E-state index contributed by atoms with van der Waals surface area (Å²) in [5.41, 5.74) is 0. The number of quaternary nitrogens is 1. The normalized spacial score (nSPS) is 12.8. The van der Waals surface area contributed by atoms with E-state index in [-0.39, 0.29) is 0 Å². The number of likely N-dealkylation sites (N-methyl/N-ethyl adjacent to an activating group) is 1. The van der Waals surface area contributed by atoms with Gasteiger partial charge in [-0.3, -0.25) is 4.18 Å². The van der Waals surface area contributed by atoms with Crippen LogP contribution in [0.25, 0.3) is 0 Å². The van der Waals surface area contributed by atoms with Gasteiger partial charge in [-0.2, -0.15) is 0 Å². The highest BCUT2D eigenvalue weighted by molar-refractivity contribution is 7.80. The summed E-state index contributed by atoms with van der Waals surface area (Å²) in [5.74, 6) is 0. The molecule has 0 aliphatic rings. The van der Waals surface area contributed by atoms with Crippen molar-refractivity contribution in [2.45, 2.75) is 77.4 Å². The smallest absolute Gasteiger partial charge is 0.217 e. The van der Waals surface area contributed by atoms with Gasteiger partial charge in [0.1, 0.15) is 6.54 Å². The van der Waals surface area contributed by atoms with Crippen molar-refractivity contribution < 1.29 is 32.3 Å². The van der Waals surface area contributed by atoms with Crippen molar-refractivity contribution in [1.82, 2.24) is 0 Å². The van der Waals surface area contributed by atoms with Crippen LogP contribution in [0.3, 0.4) is 0 Å². The largest absolute Gasteiger partial charge is 0.726 e. The molecule has 148 valence electrons. The molecule has 1 unspecified atom stereocenters. The van der Waals surface area contributed by atoms with E-state index in [4.69, 9.17) is 10.2 Å². The number of aliphatic hydroxyl groups is 2. The summed E-state index contributed by atoms with van der Waals surface area (Å²) in [6.07, 6.45) is 12.4. The topological polar surface area (TPSA) is 111 Å². The Labute approximate surface area is 148 Å². The Hall–Kier alpha value is -0.250. The molecule has 0 aliphatic heterocycles. The third-order valence-electron chi connectivity index (χ3n) is 3.69. The van der Waals surface area contributed by atoms with E-state index in [1.807, 2.05) is 7.05 Å². The lowest BCUT2D eigenvalue weighted by Gasteiger charge is -2.14. The monoisotopic (exact) mass is 371 g/mol. The number of rotatable bonds is 14. The first-order valence-electron chi connectivity index (χ1n) is 8.91. The van der Waals surface area contributed by atoms with Gasteiger partial charge in [0, 0.05) is 0 Å². The van der Waals surface area contributed by atoms with Crippen LogP contribution in [0, 0.1) is 0 Å². The van der Waals surface area contributed by atoms with Gasteiger partial charge >= 0.3 is 0 Å². The van der Waals surface area contributed by atoms with Gasteiger partial charge < -0.3 is 19.7 Å². The van der Waals surface area contributed by atoms with Gasteiger partial charge in [0.2, 0.25) is 16.7 Å². The lowest BCUT2D eigenvalue weighted by atomic mass is 10.1. The molecular formula is C16H37NO6S. The van der Waals surface area contributed by atoms with Crippen molar-refractivity contribution in [1.29, 1.82) is 0 Å². The van der Waals surface area contributed by atoms with Crippen LogP contribution in [0.5, 0.6) is 0 Å². The summed E-state index contributed by atoms with van der Waals surface area (Å²) in [6.45, 7) is 3.75. The first kappa shape index (κ1) is 26.0. The Kier molecular flexibility index (Phi) is 19.0. The first-order valence-corrected chi connectivity index (χ1v) is 10.2. The lowest BCUT2D eigenvalue weighted by Crippen LogP contribution is -3.10. The second-order valence-corrected chi connectivity index (χ2v) is 7.30. The van der Waals surface area contributed by atoms with Crippen molar-refractivity contribution in [2.75, 3.05) is 27.2 Å². The maximum atomic E-state index is 9.22. The molecule has 0 aliphatic carbocycles. The van der Waals surface area contributed by atoms with Crippen molar-refractivity contribution in [3.05, 3.63) is 0 Å². The minimum absolute atomic E-state index is 0.442. The molecule has 0 spiro atoms. The first-order chi connectivity index (χ1) is 11.2. The van der Waals surface area contributed by atoms with Gasteiger partial charge in [0.15, 0.2) is 0 Å². The molecule has 0 saturated heterocycles. The molecule has 0 saturated carbocycles. The molecule has 8 heteroatoms. The second-order valence-electron chi connectivity index (χ2n) is 6.15. The molecule has 0 fully saturated rings. The Morgan fingerprint density at radius 1 is 0.958 bits per heavy atom. The summed E-state index contributed by atoms with van der Waals surface area (Å²) in [7, 11) is -1.58. The predicted molar refractivity (Wildman–Crippen MR) is 93.4 cm³/mol. The number of unbranched alkanes of at least 4 members (excludes halogenated alkanes) is 9. The fourth-order valence-corrected chi connectivity index (χ4v) is 2.33. The zero-order chi connectivity index (χ0) is 18.8. The predicted octanol–water partition coefficient (Wildman–Crippen LogP) is 0.826. The highest BCUT2D eigenvalue weighted by Crippen LogP contribution is 2.09. The molecule has 0 radical (unpaired) electrons. The molecule has 24 heavy (non-hydrogen) atoms. The molecule has 0 bridgehead atoms. The maximum absolute atomic E-state index is 9.22. The Morgan fingerprint density at radius 3 is 1.67 bits per heavy atom. The van der Waals surface area contributed by atoms with E-state index in [0.717, 1.165) is 13.7 Å². The van der Waals surface area contributed by atoms with E-state index < -0.39 is 16.7 Å². The summed E-state index contributed by atoms with van der Waals surface area (Å²) < 4.78 is 31.0. The van der Waals surface area contributed by atoms with Gasteiger partial charge in [0.25, 0.3) is 0 Å². The van der Waals surface area contributed by atoms with Crippen molar-refractivity contribution in [2.24, 2.45) is 0 Å². The van der Waals surface area contributed by atoms with Crippen LogP contribution in [0.1, 0.15) is 71.1 Å². The number of nitrogens with one attached hydrogen (secondary N) is 1. The maximum Gasteiger partial charge on any atom is 0.217 e. The highest BCUT2D eigenvalue weighted by Gasteiger charge is 2.06. The van der Waals surface area contributed by atoms with Crippen LogP contribution in [-0.4, -0.2) is 56.7 Å². The average Bonchev–Trinajstić information content (AvgIpc) is 2.48. The quantitative estimate of drug-likeness (QED) is 0.180. The minimum atomic E-state index is -4.41. The minimum Gasteiger partial charge on any atom is -0.726 e. The average molecular weight is 372 g/mol. The van der Waals surface area contributed by atoms with Gasteiger partial charge in [-0.25, -0.2) is 8.42 Å². The van der Waals surface area contributed by atoms with Gasteiger partial charge in [-0.05, 0) is 12.8 Å². The van der Waals surface area contributed by atoms with E-state index >= 15 is 0 Å². The molecule has 0 aromatic carbocycles. The summed E-state index contributed by atoms with van der Waals surface area (Å²) in [6, 6.07) is 0. The molecular weight excluding hydrogens is 334 g/mol. The van der Waals surface area contributed by atoms with E-state index in [1.165, 1.54) is 69.1 Å². The number of aliphatic hydroxyl groups excluding tert-OH is 1. The Balaban J connectivity index is 0. The molecule has 3 N–H and O–H groups in total. The van der Waals surface area contributed by atoms with Crippen LogP contribution in [0.4, 0.5) is 0 Å². The Morgan fingerprint density at radius 2 is 1.33 bits per heavy atom. The van der Waals surface area contributed by atoms with E-state index in [0.29, 0.717) is 6.54 Å². The molecule has 0 heterocycles. The summed E-state index contributed by atoms with van der Waals surface area (Å²) >= 11 is 0. The van der Waals surface area contributed by atoms with Gasteiger partial charge in [-0.15, -0.1) is 0 Å². The molecule has 0 rings (SSSR count). The summed E-state index contributed by atoms with van der Waals surface area (Å²) in [4.78, 5) is 1.21. The highest BCUT2D eigenvalue weighted by atomic mass is 32.3. The third kappa shape index (κ3) is 26.6. The molecule has 0 amide bonds. The van der Waals surface area contributed by atoms with Crippen LogP contribution in [0.15, 0.2) is 0 Å². The standard InChI is InChI=1S/C15H33NO2.CH4O4S/c1-3-4-5-6-7-8-9-10-11-12-13-16(2)14-15(17)18;1-5-6(2,3)4/h15,17-18H,3-14H2,1-2H3;1H3,(H,2,3,4). The molecule has 7 nitrogen and oxygen atoms in total. The number of hydrogen-bond donors (Lipinski definition) is 3. The third-order valence-corrected chi connectivity index (χ3v) is 4.10. The zero-order valence-corrected chi connectivity index (χ0v) is 16.3. The molecule has 0 aromatic heterocycles. The van der Waals surface area contributed by atoms with Crippen LogP contribution in [-0.2, 0) is 14.6 Å². The van der Waals surface area contributed by atoms with E-state index in [9.17, 15) is 13.0 Å². The fourth-order valence-electron chi connectivity index (χ4n) is 2.33. The van der Waals surface area contributed by atoms with Gasteiger partial charge in [0.05, 0.1) is 20.7 Å². The summed E-state index contributed by atoms with van der Waals surface area (Å²) in [5, 5.41) is 17.6. The van der Waals surface area contributed by atoms with Crippen LogP contribution >= 0.6 is 0 Å². The molecule has 1 atom stereocenters. The van der Waals surface area contributed by atoms with E-state index in [2.05, 4.69) is 11.1 Å². The number of hydrogen-bond acceptors (Lipinski definition) is 6. The van der Waals surface area contributed by atoms with Crippen molar-refractivity contribution in [3.63, 3.8) is 0 Å². The van der Waals surface area contributed by atoms with Crippen molar-refractivity contribution in [3.8, 4) is 0 Å². The lowest BCUT2D eigenvalue weighted by molar-refractivity contribution is -0.886. The molecule has 0 aromatic rings. The van der Waals surface area contributed by atoms with E-state index in [1.54, 1.807) is 0 Å². The van der Waals surface area contributed by atoms with Crippen molar-refractivity contribution >= 4 is 10.4 Å². The SMILES string of the molecule is CCCCCCCCCCCC[NH+](C)CC(O)O.COS(=O)(=O)[O-]. The zero-order valence-electron chi connectivity index (χ0n) is 15.5. The second kappa shape index (κ2) is 17.6. The van der Waals surface area contributed by atoms with Gasteiger partial charge in [-0.1, -0.05) is 58.3 Å². The Bertz CT molecular complexity index is 348. The van der Waals surface area contributed by atoms with Crippen LogP contribution < -0.4 is 4.90 Å². The fraction of sp³-hybridized carbons (Fsp3) is 1.00.